The van der Waals surface area contributed by atoms with Crippen molar-refractivity contribution in [2.45, 2.75) is 70.9 Å². The molecule has 13 heteroatoms. The Morgan fingerprint density at radius 2 is 1.87 bits per heavy atom. The highest BCUT2D eigenvalue weighted by Gasteiger charge is 2.54. The van der Waals surface area contributed by atoms with Crippen molar-refractivity contribution in [1.29, 1.82) is 0 Å². The Labute approximate surface area is 224 Å². The Hall–Kier alpha value is -2.57. The molecule has 3 N–H and O–H groups in total. The maximum Gasteiger partial charge on any atom is 0.695 e. The lowest BCUT2D eigenvalue weighted by Crippen LogP contribution is -2.49. The molecule has 0 aliphatic carbocycles. The fraction of sp³-hybridized carbons (Fsp3) is 0.480. The number of carbonyl (C=O) groups excluding carboxylic acids is 1. The molecule has 206 valence electrons. The summed E-state index contributed by atoms with van der Waals surface area (Å²) < 4.78 is 31.5. The number of fused-ring (bicyclic) bond motifs is 1. The molecule has 4 rings (SSSR count). The summed E-state index contributed by atoms with van der Waals surface area (Å²) >= 11 is 0. The van der Waals surface area contributed by atoms with Crippen LogP contribution in [0.4, 0.5) is 5.82 Å². The molecule has 3 heterocycles. The lowest BCUT2D eigenvalue weighted by molar-refractivity contribution is -0.0484. The highest BCUT2D eigenvalue weighted by molar-refractivity contribution is 7.32. The minimum atomic E-state index is -2.98. The summed E-state index contributed by atoms with van der Waals surface area (Å²) in [6, 6.07) is 10.5. The van der Waals surface area contributed by atoms with Gasteiger partial charge in [-0.2, -0.15) is 0 Å². The normalized spacial score (nSPS) is 22.2. The molecule has 1 amide bonds. The predicted molar refractivity (Wildman–Crippen MR) is 146 cm³/mol. The Morgan fingerprint density at radius 3 is 2.47 bits per heavy atom. The summed E-state index contributed by atoms with van der Waals surface area (Å²) in [4.78, 5) is 30.9. The number of hydrogen-bond donors (Lipinski definition) is 3. The second-order valence-electron chi connectivity index (χ2n) is 10.4. The lowest BCUT2D eigenvalue weighted by atomic mass is 10.1. The van der Waals surface area contributed by atoms with Gasteiger partial charge in [-0.3, -0.25) is 4.79 Å². The average molecular weight is 564 g/mol. The zero-order valence-corrected chi connectivity index (χ0v) is 23.3. The van der Waals surface area contributed by atoms with Crippen LogP contribution >= 0.6 is 8.25 Å². The van der Waals surface area contributed by atoms with Crippen molar-refractivity contribution in [1.82, 2.24) is 14.5 Å². The molecule has 2 aromatic heterocycles. The summed E-state index contributed by atoms with van der Waals surface area (Å²) in [6.07, 6.45) is -0.467. The predicted octanol–water partition coefficient (Wildman–Crippen LogP) is 4.63. The molecule has 1 aliphatic rings. The number of benzene rings is 1. The number of aliphatic hydroxyl groups excluding tert-OH is 1. The Balaban J connectivity index is 0.00000400. The van der Waals surface area contributed by atoms with Gasteiger partial charge < -0.3 is 24.2 Å². The van der Waals surface area contributed by atoms with E-state index in [4.69, 9.17) is 13.7 Å². The van der Waals surface area contributed by atoms with Crippen molar-refractivity contribution in [3.63, 3.8) is 0 Å². The van der Waals surface area contributed by atoms with Crippen LogP contribution in [0.3, 0.4) is 0 Å². The average Bonchev–Trinajstić information content (AvgIpc) is 3.40. The number of carbonyl (C=O) groups is 1. The molecule has 38 heavy (non-hydrogen) atoms. The fourth-order valence-corrected chi connectivity index (χ4v) is 5.75. The quantitative estimate of drug-likeness (QED) is 0.264. The molecule has 0 bridgehead atoms. The van der Waals surface area contributed by atoms with Crippen molar-refractivity contribution in [2.75, 3.05) is 11.9 Å². The van der Waals surface area contributed by atoms with Crippen LogP contribution in [0.5, 0.6) is 0 Å². The molecule has 0 saturated carbocycles. The van der Waals surface area contributed by atoms with Crippen LogP contribution in [-0.4, -0.2) is 63.7 Å². The van der Waals surface area contributed by atoms with E-state index in [9.17, 15) is 19.4 Å². The van der Waals surface area contributed by atoms with Gasteiger partial charge in [-0.05, 0) is 36.3 Å². The fourth-order valence-electron chi connectivity index (χ4n) is 4.00. The minimum absolute atomic E-state index is 0. The second kappa shape index (κ2) is 11.7. The minimum Gasteiger partial charge on any atom is -0.406 e. The van der Waals surface area contributed by atoms with E-state index < -0.39 is 47.7 Å². The first-order valence-electron chi connectivity index (χ1n) is 11.9. The maximum absolute atomic E-state index is 12.7. The number of aromatic nitrogens is 3. The van der Waals surface area contributed by atoms with Crippen molar-refractivity contribution in [3.05, 3.63) is 54.5 Å². The SMILES string of the molecule is C.CC(C)(C)[Si](C)(C)O[C@H]1C(O[P+](=O)O)[C@@H](CO)O[C@H]1n1ccc2c(NC(=O)c3ccccc3)ncnc21. The summed E-state index contributed by atoms with van der Waals surface area (Å²) in [5.74, 6) is 0.00701. The molecule has 3 aromatic rings. The first-order chi connectivity index (χ1) is 17.4. The monoisotopic (exact) mass is 563 g/mol. The molecule has 11 nitrogen and oxygen atoms in total. The molecule has 1 fully saturated rings. The van der Waals surface area contributed by atoms with Crippen molar-refractivity contribution in [3.8, 4) is 0 Å². The van der Waals surface area contributed by atoms with Gasteiger partial charge in [0.15, 0.2) is 20.6 Å². The van der Waals surface area contributed by atoms with Gasteiger partial charge in [-0.1, -0.05) is 46.4 Å². The smallest absolute Gasteiger partial charge is 0.406 e. The largest absolute Gasteiger partial charge is 0.695 e. The Bertz CT molecular complexity index is 1280. The highest BCUT2D eigenvalue weighted by Crippen LogP contribution is 2.44. The number of aliphatic hydroxyl groups is 1. The van der Waals surface area contributed by atoms with E-state index in [1.54, 1.807) is 41.1 Å². The topological polar surface area (TPSA) is 145 Å². The summed E-state index contributed by atoms with van der Waals surface area (Å²) in [6.45, 7) is 9.91. The number of anilines is 1. The second-order valence-corrected chi connectivity index (χ2v) is 15.8. The Kier molecular flexibility index (Phi) is 9.20. The van der Waals surface area contributed by atoms with Crippen molar-refractivity contribution >= 4 is 39.3 Å². The van der Waals surface area contributed by atoms with Gasteiger partial charge in [0, 0.05) is 16.3 Å². The molecule has 0 radical (unpaired) electrons. The van der Waals surface area contributed by atoms with Crippen LogP contribution in [0, 0.1) is 0 Å². The van der Waals surface area contributed by atoms with E-state index in [0.717, 1.165) is 0 Å². The molecule has 5 atom stereocenters. The standard InChI is InChI=1S/C24H31N4O7PSi.CH4/c1-24(2,3)37(4,5)35-19-18(34-36(31)32)17(13-29)33-23(19)28-12-11-16-20(25-14-26-21(16)28)27-22(30)15-9-7-6-8-10-15;/h6-12,14,17-19,23,29H,13H2,1-5H3,(H-,25,26,27,30,31,32);1H4/p+1/t17-,18?,19+,23-;/m1./s1. The van der Waals surface area contributed by atoms with Crippen molar-refractivity contribution < 1.29 is 33.0 Å². The van der Waals surface area contributed by atoms with Crippen LogP contribution in [0.1, 0.15) is 44.8 Å². The number of nitrogens with one attached hydrogen (secondary N) is 1. The number of rotatable bonds is 8. The first-order valence-corrected chi connectivity index (χ1v) is 15.9. The van der Waals surface area contributed by atoms with E-state index in [1.165, 1.54) is 6.33 Å². The van der Waals surface area contributed by atoms with Gasteiger partial charge in [-0.15, -0.1) is 9.42 Å². The van der Waals surface area contributed by atoms with Gasteiger partial charge in [0.25, 0.3) is 5.91 Å². The lowest BCUT2D eigenvalue weighted by Gasteiger charge is -2.40. The van der Waals surface area contributed by atoms with Crippen molar-refractivity contribution in [2.24, 2.45) is 0 Å². The number of amides is 1. The molecule has 1 aromatic carbocycles. The van der Waals surface area contributed by atoms with Gasteiger partial charge in [0.2, 0.25) is 0 Å². The number of ether oxygens (including phenoxy) is 1. The molecular formula is C25H36N4O7PSi+. The third-order valence-electron chi connectivity index (χ3n) is 6.97. The third kappa shape index (κ3) is 6.02. The van der Waals surface area contributed by atoms with E-state index >= 15 is 0 Å². The third-order valence-corrected chi connectivity index (χ3v) is 11.9. The molecule has 1 aliphatic heterocycles. The summed E-state index contributed by atoms with van der Waals surface area (Å²) in [5.41, 5.74) is 0.942. The molecule has 2 unspecified atom stereocenters. The summed E-state index contributed by atoms with van der Waals surface area (Å²) in [7, 11) is -5.39. The van der Waals surface area contributed by atoms with E-state index in [2.05, 4.69) is 49.1 Å². The molecular weight excluding hydrogens is 527 g/mol. The zero-order chi connectivity index (χ0) is 27.0. The van der Waals surface area contributed by atoms with Gasteiger partial charge in [0.1, 0.15) is 30.0 Å². The van der Waals surface area contributed by atoms with Gasteiger partial charge in [-0.25, -0.2) is 9.97 Å². The van der Waals surface area contributed by atoms with Crippen LogP contribution in [0.25, 0.3) is 11.0 Å². The first kappa shape index (κ1) is 30.0. The van der Waals surface area contributed by atoms with Crippen LogP contribution in [0.15, 0.2) is 48.9 Å². The van der Waals surface area contributed by atoms with E-state index in [1.807, 2.05) is 6.07 Å². The van der Waals surface area contributed by atoms with E-state index in [0.29, 0.717) is 22.4 Å². The van der Waals surface area contributed by atoms with E-state index in [-0.39, 0.29) is 18.4 Å². The Morgan fingerprint density at radius 1 is 1.18 bits per heavy atom. The van der Waals surface area contributed by atoms with Crippen LogP contribution in [0.2, 0.25) is 18.1 Å². The maximum atomic E-state index is 12.7. The number of hydrogen-bond acceptors (Lipinski definition) is 8. The number of nitrogens with zero attached hydrogens (tertiary/aromatic N) is 3. The molecule has 0 spiro atoms. The summed E-state index contributed by atoms with van der Waals surface area (Å²) in [5, 5.41) is 13.2. The van der Waals surface area contributed by atoms with Gasteiger partial charge in [0.05, 0.1) is 12.0 Å². The van der Waals surface area contributed by atoms with Gasteiger partial charge >= 0.3 is 8.25 Å². The molecule has 1 saturated heterocycles. The zero-order valence-electron chi connectivity index (χ0n) is 21.4. The van der Waals surface area contributed by atoms with Crippen LogP contribution < -0.4 is 5.32 Å². The van der Waals surface area contributed by atoms with Crippen LogP contribution in [-0.2, 0) is 18.3 Å². The highest BCUT2D eigenvalue weighted by atomic mass is 31.1.